The van der Waals surface area contributed by atoms with Gasteiger partial charge in [0.25, 0.3) is 0 Å². The van der Waals surface area contributed by atoms with E-state index in [4.69, 9.17) is 4.74 Å². The van der Waals surface area contributed by atoms with Gasteiger partial charge < -0.3 is 9.84 Å². The largest absolute Gasteiger partial charge is 0.507 e. The lowest BCUT2D eigenvalue weighted by Gasteiger charge is -2.24. The van der Waals surface area contributed by atoms with E-state index in [0.29, 0.717) is 12.4 Å². The summed E-state index contributed by atoms with van der Waals surface area (Å²) in [6, 6.07) is 3.85. The third kappa shape index (κ3) is 8.24. The first-order chi connectivity index (χ1) is 13.0. The number of unbranched alkanes of at least 4 members (excludes halogenated alkanes) is 5. The third-order valence-corrected chi connectivity index (χ3v) is 5.40. The zero-order chi connectivity index (χ0) is 21.3. The summed E-state index contributed by atoms with van der Waals surface area (Å²) >= 11 is 0. The van der Waals surface area contributed by atoms with Crippen molar-refractivity contribution in [3.05, 3.63) is 28.8 Å². The summed E-state index contributed by atoms with van der Waals surface area (Å²) in [4.78, 5) is 12.5. The van der Waals surface area contributed by atoms with Crippen molar-refractivity contribution in [1.82, 2.24) is 0 Å². The van der Waals surface area contributed by atoms with Gasteiger partial charge in [-0.1, -0.05) is 85.3 Å². The lowest BCUT2D eigenvalue weighted by Crippen LogP contribution is -2.17. The summed E-state index contributed by atoms with van der Waals surface area (Å²) in [6.45, 7) is 15.0. The summed E-state index contributed by atoms with van der Waals surface area (Å²) in [5.41, 5.74) is 2.42. The molecule has 1 rings (SSSR count). The molecule has 0 fully saturated rings. The number of ether oxygens (including phenoxy) is 1. The van der Waals surface area contributed by atoms with Crippen LogP contribution in [0.25, 0.3) is 0 Å². The van der Waals surface area contributed by atoms with E-state index in [1.54, 1.807) is 0 Å². The number of hydrogen-bond acceptors (Lipinski definition) is 3. The lowest BCUT2D eigenvalue weighted by atomic mass is 9.82. The topological polar surface area (TPSA) is 46.5 Å². The van der Waals surface area contributed by atoms with Crippen LogP contribution in [-0.2, 0) is 14.9 Å². The van der Waals surface area contributed by atoms with Gasteiger partial charge >= 0.3 is 5.97 Å². The van der Waals surface area contributed by atoms with Crippen molar-refractivity contribution < 1.29 is 14.6 Å². The van der Waals surface area contributed by atoms with Gasteiger partial charge in [0.2, 0.25) is 0 Å². The molecule has 3 nitrogen and oxygen atoms in total. The number of esters is 1. The molecule has 1 unspecified atom stereocenters. The van der Waals surface area contributed by atoms with Crippen molar-refractivity contribution in [3.8, 4) is 5.75 Å². The van der Waals surface area contributed by atoms with Crippen LogP contribution in [0.2, 0.25) is 0 Å². The fourth-order valence-electron chi connectivity index (χ4n) is 3.42. The summed E-state index contributed by atoms with van der Waals surface area (Å²) in [6.07, 6.45) is 8.51. The number of phenolic OH excluding ortho intramolecular Hbond substituents is 1. The van der Waals surface area contributed by atoms with Crippen LogP contribution in [0.4, 0.5) is 0 Å². The van der Waals surface area contributed by atoms with E-state index in [9.17, 15) is 9.90 Å². The smallest absolute Gasteiger partial charge is 0.313 e. The summed E-state index contributed by atoms with van der Waals surface area (Å²) < 4.78 is 5.51. The molecule has 0 bridgehead atoms. The maximum atomic E-state index is 12.5. The number of aryl methyl sites for hydroxylation is 1. The first-order valence-electron chi connectivity index (χ1n) is 11.0. The molecule has 0 heterocycles. The molecule has 28 heavy (non-hydrogen) atoms. The Labute approximate surface area is 172 Å². The van der Waals surface area contributed by atoms with E-state index < -0.39 is 0 Å². The lowest BCUT2D eigenvalue weighted by molar-refractivity contribution is -0.145. The zero-order valence-corrected chi connectivity index (χ0v) is 19.2. The van der Waals surface area contributed by atoms with Gasteiger partial charge in [0.1, 0.15) is 5.75 Å². The van der Waals surface area contributed by atoms with Crippen LogP contribution in [0.15, 0.2) is 12.1 Å². The predicted molar refractivity (Wildman–Crippen MR) is 118 cm³/mol. The second-order valence-corrected chi connectivity index (χ2v) is 9.68. The Morgan fingerprint density at radius 3 is 2.14 bits per heavy atom. The molecule has 0 amide bonds. The van der Waals surface area contributed by atoms with Crippen LogP contribution in [0.5, 0.6) is 5.75 Å². The SMILES string of the molecule is Cc1cc(C(C)C(=O)OCCCCCCCCC(C)C)cc(C(C)(C)C)c1O. The number of rotatable bonds is 11. The molecule has 0 aliphatic carbocycles. The number of benzene rings is 1. The molecule has 1 N–H and O–H groups in total. The van der Waals surface area contributed by atoms with Crippen LogP contribution < -0.4 is 0 Å². The molecule has 0 radical (unpaired) electrons. The van der Waals surface area contributed by atoms with E-state index in [1.165, 1.54) is 32.1 Å². The molecule has 3 heteroatoms. The quantitative estimate of drug-likeness (QED) is 0.326. The normalized spacial score (nSPS) is 13.0. The van der Waals surface area contributed by atoms with Gasteiger partial charge in [0.05, 0.1) is 12.5 Å². The molecule has 0 aromatic heterocycles. The molecule has 1 aromatic carbocycles. The summed E-state index contributed by atoms with van der Waals surface area (Å²) in [7, 11) is 0. The van der Waals surface area contributed by atoms with E-state index in [0.717, 1.165) is 35.4 Å². The van der Waals surface area contributed by atoms with E-state index >= 15 is 0 Å². The molecule has 1 atom stereocenters. The van der Waals surface area contributed by atoms with Crippen molar-refractivity contribution in [2.45, 2.75) is 105 Å². The summed E-state index contributed by atoms with van der Waals surface area (Å²) in [5, 5.41) is 10.4. The standard InChI is InChI=1S/C25H42O3/c1-18(2)14-12-10-8-9-11-13-15-28-24(27)20(4)21-16-19(3)23(26)22(17-21)25(5,6)7/h16-18,20,26H,8-15H2,1-7H3. The van der Waals surface area contributed by atoms with Crippen LogP contribution in [0, 0.1) is 12.8 Å². The van der Waals surface area contributed by atoms with Crippen molar-refractivity contribution in [1.29, 1.82) is 0 Å². The van der Waals surface area contributed by atoms with Crippen LogP contribution in [0.3, 0.4) is 0 Å². The summed E-state index contributed by atoms with van der Waals surface area (Å²) in [5.74, 6) is 0.627. The number of aromatic hydroxyl groups is 1. The van der Waals surface area contributed by atoms with Gasteiger partial charge in [0.15, 0.2) is 0 Å². The van der Waals surface area contributed by atoms with Crippen molar-refractivity contribution in [3.63, 3.8) is 0 Å². The molecule has 1 aromatic rings. The predicted octanol–water partition coefficient (Wildman–Crippen LogP) is 7.03. The highest BCUT2D eigenvalue weighted by atomic mass is 16.5. The minimum absolute atomic E-state index is 0.177. The fourth-order valence-corrected chi connectivity index (χ4v) is 3.42. The highest BCUT2D eigenvalue weighted by molar-refractivity contribution is 5.78. The molecule has 0 aliphatic heterocycles. The highest BCUT2D eigenvalue weighted by Crippen LogP contribution is 2.36. The maximum absolute atomic E-state index is 12.5. The number of hydrogen-bond donors (Lipinski definition) is 1. The minimum atomic E-state index is -0.323. The second kappa shape index (κ2) is 11.5. The van der Waals surface area contributed by atoms with E-state index in [1.807, 2.05) is 26.0 Å². The molecular formula is C25H42O3. The van der Waals surface area contributed by atoms with Gasteiger partial charge in [0, 0.05) is 0 Å². The van der Waals surface area contributed by atoms with Gasteiger partial charge in [-0.3, -0.25) is 4.79 Å². The Balaban J connectivity index is 2.42. The zero-order valence-electron chi connectivity index (χ0n) is 19.2. The van der Waals surface area contributed by atoms with Crippen molar-refractivity contribution in [2.24, 2.45) is 5.92 Å². The van der Waals surface area contributed by atoms with Crippen LogP contribution >= 0.6 is 0 Å². The van der Waals surface area contributed by atoms with E-state index in [2.05, 4.69) is 34.6 Å². The second-order valence-electron chi connectivity index (χ2n) is 9.68. The van der Waals surface area contributed by atoms with Crippen LogP contribution in [-0.4, -0.2) is 17.7 Å². The Bertz CT molecular complexity index is 611. The number of carbonyl (C=O) groups excluding carboxylic acids is 1. The monoisotopic (exact) mass is 390 g/mol. The van der Waals surface area contributed by atoms with E-state index in [-0.39, 0.29) is 17.3 Å². The van der Waals surface area contributed by atoms with Gasteiger partial charge in [-0.25, -0.2) is 0 Å². The fraction of sp³-hybridized carbons (Fsp3) is 0.720. The van der Waals surface area contributed by atoms with Crippen molar-refractivity contribution >= 4 is 5.97 Å². The average molecular weight is 391 g/mol. The molecule has 0 spiro atoms. The first-order valence-corrected chi connectivity index (χ1v) is 11.0. The molecular weight excluding hydrogens is 348 g/mol. The Hall–Kier alpha value is -1.51. The molecule has 160 valence electrons. The van der Waals surface area contributed by atoms with Gasteiger partial charge in [-0.15, -0.1) is 0 Å². The average Bonchev–Trinajstić information content (AvgIpc) is 2.60. The highest BCUT2D eigenvalue weighted by Gasteiger charge is 2.24. The molecule has 0 saturated carbocycles. The third-order valence-electron chi connectivity index (χ3n) is 5.40. The first kappa shape index (κ1) is 24.5. The van der Waals surface area contributed by atoms with Gasteiger partial charge in [-0.05, 0) is 48.3 Å². The van der Waals surface area contributed by atoms with Crippen molar-refractivity contribution in [2.75, 3.05) is 6.61 Å². The van der Waals surface area contributed by atoms with Gasteiger partial charge in [-0.2, -0.15) is 0 Å². The Kier molecular flexibility index (Phi) is 10.1. The Morgan fingerprint density at radius 1 is 1.00 bits per heavy atom. The van der Waals surface area contributed by atoms with Crippen LogP contribution in [0.1, 0.15) is 109 Å². The minimum Gasteiger partial charge on any atom is -0.507 e. The number of phenols is 1. The Morgan fingerprint density at radius 2 is 1.57 bits per heavy atom. The molecule has 0 saturated heterocycles. The number of carbonyl (C=O) groups is 1. The maximum Gasteiger partial charge on any atom is 0.313 e. The molecule has 0 aliphatic rings.